The van der Waals surface area contributed by atoms with E-state index in [1.807, 2.05) is 12.2 Å². The molecule has 0 aromatic carbocycles. The first-order chi connectivity index (χ1) is 26.8. The van der Waals surface area contributed by atoms with Crippen molar-refractivity contribution in [1.29, 1.82) is 0 Å². The van der Waals surface area contributed by atoms with Crippen molar-refractivity contribution >= 4 is 19.8 Å². The molecule has 11 heteroatoms. The molecule has 3 N–H and O–H groups in total. The molecule has 0 aliphatic carbocycles. The highest BCUT2D eigenvalue weighted by atomic mass is 31.2. The Bertz CT molecular complexity index is 1190. The summed E-state index contributed by atoms with van der Waals surface area (Å²) in [4.78, 5) is 34.4. The summed E-state index contributed by atoms with van der Waals surface area (Å²) in [6.45, 7) is 1.96. The lowest BCUT2D eigenvalue weighted by Gasteiger charge is -2.20. The average Bonchev–Trinajstić information content (AvgIpc) is 3.17. The van der Waals surface area contributed by atoms with Crippen molar-refractivity contribution in [2.75, 3.05) is 26.4 Å². The van der Waals surface area contributed by atoms with Crippen molar-refractivity contribution in [1.82, 2.24) is 0 Å². The molecule has 0 heterocycles. The zero-order valence-corrected chi connectivity index (χ0v) is 34.7. The fourth-order valence-electron chi connectivity index (χ4n) is 4.94. The highest BCUT2D eigenvalue weighted by Gasteiger charge is 2.27. The Morgan fingerprint density at radius 1 is 0.509 bits per heavy atom. The number of rotatable bonds is 37. The molecule has 0 fully saturated rings. The number of carbonyl (C=O) groups is 2. The molecule has 314 valence electrons. The second kappa shape index (κ2) is 39.4. The number of hydrogen-bond acceptors (Lipinski definition) is 9. The topological polar surface area (TPSA) is 149 Å². The van der Waals surface area contributed by atoms with E-state index in [-0.39, 0.29) is 12.8 Å². The first kappa shape index (κ1) is 52.2. The van der Waals surface area contributed by atoms with Crippen LogP contribution in [0.3, 0.4) is 0 Å². The van der Waals surface area contributed by atoms with Crippen molar-refractivity contribution < 1.29 is 47.8 Å². The van der Waals surface area contributed by atoms with Gasteiger partial charge in [0, 0.05) is 12.8 Å². The second-order valence-electron chi connectivity index (χ2n) is 13.2. The van der Waals surface area contributed by atoms with Crippen LogP contribution in [0.2, 0.25) is 0 Å². The van der Waals surface area contributed by atoms with Gasteiger partial charge in [0.05, 0.1) is 26.4 Å². The van der Waals surface area contributed by atoms with Gasteiger partial charge in [-0.25, -0.2) is 4.57 Å². The SMILES string of the molecule is CC/C=C\C/C=C\C/C=C\C/C=C\C/C=C\CCCC(=O)OC(CO)COP(=O)(O)OCC(CO)OC(=O)CCCCCCC/C=C\C/C=C\CCCCC. The van der Waals surface area contributed by atoms with Crippen LogP contribution in [-0.2, 0) is 32.7 Å². The molecule has 0 bridgehead atoms. The number of unbranched alkanes of at least 4 members (excludes halogenated alkanes) is 9. The number of carbonyl (C=O) groups excluding carboxylic acids is 2. The minimum Gasteiger partial charge on any atom is -0.457 e. The minimum atomic E-state index is -4.66. The summed E-state index contributed by atoms with van der Waals surface area (Å²) < 4.78 is 32.4. The number of phosphoric ester groups is 1. The summed E-state index contributed by atoms with van der Waals surface area (Å²) in [5.74, 6) is -1.10. The monoisotopic (exact) mass is 792 g/mol. The third kappa shape index (κ3) is 37.8. The first-order valence-corrected chi connectivity index (χ1v) is 22.0. The maximum atomic E-state index is 12.3. The molecule has 3 unspecified atom stereocenters. The van der Waals surface area contributed by atoms with Gasteiger partial charge in [0.15, 0.2) is 0 Å². The fourth-order valence-corrected chi connectivity index (χ4v) is 5.73. The van der Waals surface area contributed by atoms with Gasteiger partial charge < -0.3 is 24.6 Å². The quantitative estimate of drug-likeness (QED) is 0.0240. The summed E-state index contributed by atoms with van der Waals surface area (Å²) in [5.41, 5.74) is 0. The van der Waals surface area contributed by atoms with E-state index in [2.05, 4.69) is 86.8 Å². The summed E-state index contributed by atoms with van der Waals surface area (Å²) in [6, 6.07) is 0. The summed E-state index contributed by atoms with van der Waals surface area (Å²) >= 11 is 0. The first-order valence-electron chi connectivity index (χ1n) is 20.5. The number of aliphatic hydroxyl groups excluding tert-OH is 2. The van der Waals surface area contributed by atoms with E-state index in [1.54, 1.807) is 0 Å². The lowest BCUT2D eigenvalue weighted by molar-refractivity contribution is -0.153. The number of allylic oxidation sites excluding steroid dienone is 14. The molecular formula is C44H73O10P. The van der Waals surface area contributed by atoms with Gasteiger partial charge in [-0.1, -0.05) is 131 Å². The lowest BCUT2D eigenvalue weighted by Crippen LogP contribution is -2.28. The van der Waals surface area contributed by atoms with Crippen LogP contribution in [0.5, 0.6) is 0 Å². The molecule has 0 spiro atoms. The summed E-state index contributed by atoms with van der Waals surface area (Å²) in [6.07, 6.45) is 45.6. The smallest absolute Gasteiger partial charge is 0.457 e. The van der Waals surface area contributed by atoms with Crippen LogP contribution in [0.25, 0.3) is 0 Å². The molecule has 0 aliphatic rings. The molecule has 0 rings (SSSR count). The van der Waals surface area contributed by atoms with Crippen LogP contribution in [0.15, 0.2) is 85.1 Å². The maximum Gasteiger partial charge on any atom is 0.472 e. The second-order valence-corrected chi connectivity index (χ2v) is 14.7. The molecule has 0 saturated heterocycles. The van der Waals surface area contributed by atoms with Crippen molar-refractivity contribution in [2.24, 2.45) is 0 Å². The number of esters is 2. The normalized spacial score (nSPS) is 14.8. The van der Waals surface area contributed by atoms with Gasteiger partial charge >= 0.3 is 19.8 Å². The van der Waals surface area contributed by atoms with Gasteiger partial charge in [-0.15, -0.1) is 0 Å². The average molecular weight is 793 g/mol. The number of ether oxygens (including phenoxy) is 2. The van der Waals surface area contributed by atoms with Crippen LogP contribution in [0.1, 0.15) is 142 Å². The molecule has 0 saturated carbocycles. The number of hydrogen-bond donors (Lipinski definition) is 3. The van der Waals surface area contributed by atoms with Gasteiger partial charge in [-0.05, 0) is 83.5 Å². The molecule has 55 heavy (non-hydrogen) atoms. The van der Waals surface area contributed by atoms with Crippen molar-refractivity contribution in [3.05, 3.63) is 85.1 Å². The summed E-state index contributed by atoms with van der Waals surface area (Å²) in [7, 11) is -4.66. The zero-order valence-electron chi connectivity index (χ0n) is 33.9. The van der Waals surface area contributed by atoms with Crippen molar-refractivity contribution in [3.8, 4) is 0 Å². The standard InChI is InChI=1S/C44H73O10P/c1-3-5-7-9-11-13-15-17-19-20-22-24-26-28-30-32-34-36-44(48)54-42(38-46)40-52-55(49,50)51-39-41(37-45)53-43(47)35-33-31-29-27-25-23-21-18-16-14-12-10-8-6-4-2/h5,7,11-14,17-19,21-22,24,28,30,41-42,45-46H,3-4,6,8-10,15-16,20,23,25-27,29,31-40H2,1-2H3,(H,49,50)/b7-5-,13-11-,14-12-,19-17-,21-18-,24-22-,30-28-. The highest BCUT2D eigenvalue weighted by molar-refractivity contribution is 7.47. The number of aliphatic hydroxyl groups is 2. The molecule has 0 amide bonds. The van der Waals surface area contributed by atoms with E-state index in [0.29, 0.717) is 19.3 Å². The van der Waals surface area contributed by atoms with E-state index in [1.165, 1.54) is 19.3 Å². The fraction of sp³-hybridized carbons (Fsp3) is 0.636. The van der Waals surface area contributed by atoms with Crippen LogP contribution >= 0.6 is 7.82 Å². The van der Waals surface area contributed by atoms with Gasteiger partial charge in [0.1, 0.15) is 12.2 Å². The van der Waals surface area contributed by atoms with E-state index >= 15 is 0 Å². The van der Waals surface area contributed by atoms with Gasteiger partial charge in [0.2, 0.25) is 0 Å². The largest absolute Gasteiger partial charge is 0.472 e. The Balaban J connectivity index is 4.07. The van der Waals surface area contributed by atoms with Crippen LogP contribution < -0.4 is 0 Å². The molecule has 0 radical (unpaired) electrons. The predicted octanol–water partition coefficient (Wildman–Crippen LogP) is 10.7. The minimum absolute atomic E-state index is 0.108. The van der Waals surface area contributed by atoms with Gasteiger partial charge in [-0.3, -0.25) is 18.6 Å². The van der Waals surface area contributed by atoms with Crippen molar-refractivity contribution in [2.45, 2.75) is 154 Å². The van der Waals surface area contributed by atoms with E-state index < -0.39 is 58.4 Å². The highest BCUT2D eigenvalue weighted by Crippen LogP contribution is 2.43. The molecular weight excluding hydrogens is 719 g/mol. The Morgan fingerprint density at radius 2 is 0.873 bits per heavy atom. The van der Waals surface area contributed by atoms with Crippen LogP contribution in [-0.4, -0.2) is 65.7 Å². The molecule has 0 aliphatic heterocycles. The van der Waals surface area contributed by atoms with Crippen LogP contribution in [0.4, 0.5) is 0 Å². The Labute approximate surface area is 332 Å². The molecule has 0 aromatic heterocycles. The predicted molar refractivity (Wildman–Crippen MR) is 223 cm³/mol. The zero-order chi connectivity index (χ0) is 40.5. The van der Waals surface area contributed by atoms with E-state index in [0.717, 1.165) is 77.0 Å². The van der Waals surface area contributed by atoms with Gasteiger partial charge in [0.25, 0.3) is 0 Å². The molecule has 3 atom stereocenters. The molecule has 0 aromatic rings. The van der Waals surface area contributed by atoms with Crippen molar-refractivity contribution in [3.63, 3.8) is 0 Å². The Morgan fingerprint density at radius 3 is 1.31 bits per heavy atom. The summed E-state index contributed by atoms with van der Waals surface area (Å²) in [5, 5.41) is 19.1. The Kier molecular flexibility index (Phi) is 37.3. The maximum absolute atomic E-state index is 12.3. The molecule has 10 nitrogen and oxygen atoms in total. The van der Waals surface area contributed by atoms with E-state index in [4.69, 9.17) is 18.5 Å². The third-order valence-electron chi connectivity index (χ3n) is 8.09. The Hall–Kier alpha value is -2.85. The number of phosphoric acid groups is 1. The third-order valence-corrected chi connectivity index (χ3v) is 9.04. The van der Waals surface area contributed by atoms with Gasteiger partial charge in [-0.2, -0.15) is 0 Å². The lowest BCUT2D eigenvalue weighted by atomic mass is 10.1. The van der Waals surface area contributed by atoms with E-state index in [9.17, 15) is 29.3 Å². The van der Waals surface area contributed by atoms with Crippen LogP contribution in [0, 0.1) is 0 Å².